The van der Waals surface area contributed by atoms with Crippen molar-refractivity contribution in [1.82, 2.24) is 9.13 Å². The van der Waals surface area contributed by atoms with Gasteiger partial charge in [0.25, 0.3) is 0 Å². The third-order valence-electron chi connectivity index (χ3n) is 19.8. The number of nitrogens with zero attached hydrogens (tertiary/aromatic N) is 4. The van der Waals surface area contributed by atoms with E-state index < -0.39 is 0 Å². The van der Waals surface area contributed by atoms with Crippen LogP contribution in [-0.2, 0) is 44.9 Å². The number of benzene rings is 12. The molecular formula is C82H74N4. The van der Waals surface area contributed by atoms with Gasteiger partial charge < -0.3 is 18.9 Å². The Labute approximate surface area is 505 Å². The van der Waals surface area contributed by atoms with Crippen molar-refractivity contribution in [1.29, 1.82) is 0 Å². The summed E-state index contributed by atoms with van der Waals surface area (Å²) in [6.07, 6.45) is 14.1. The third-order valence-corrected chi connectivity index (χ3v) is 19.8. The molecule has 12 aromatic carbocycles. The number of anilines is 5. The molecule has 0 bridgehead atoms. The Morgan fingerprint density at radius 2 is 0.872 bits per heavy atom. The summed E-state index contributed by atoms with van der Waals surface area (Å²) in [5.41, 5.74) is 24.9. The van der Waals surface area contributed by atoms with E-state index in [1.807, 2.05) is 0 Å². The maximum atomic E-state index is 2.80. The van der Waals surface area contributed by atoms with Crippen molar-refractivity contribution in [3.05, 3.63) is 257 Å². The van der Waals surface area contributed by atoms with Crippen LogP contribution in [0.2, 0.25) is 0 Å². The third kappa shape index (κ3) is 8.45. The summed E-state index contributed by atoms with van der Waals surface area (Å²) >= 11 is 0. The molecule has 86 heavy (non-hydrogen) atoms. The fourth-order valence-corrected chi connectivity index (χ4v) is 15.8. The van der Waals surface area contributed by atoms with Gasteiger partial charge in [-0.1, -0.05) is 168 Å². The van der Waals surface area contributed by atoms with Crippen LogP contribution in [0, 0.1) is 0 Å². The maximum Gasteiger partial charge on any atom is 0.0594 e. The zero-order valence-electron chi connectivity index (χ0n) is 50.3. The van der Waals surface area contributed by atoms with Crippen LogP contribution in [0.3, 0.4) is 0 Å². The summed E-state index contributed by atoms with van der Waals surface area (Å²) < 4.78 is 5.04. The number of para-hydroxylation sites is 2. The van der Waals surface area contributed by atoms with E-state index in [2.05, 4.69) is 259 Å². The molecule has 0 N–H and O–H groups in total. The summed E-state index contributed by atoms with van der Waals surface area (Å²) in [7, 11) is 0. The molecule has 0 amide bonds. The number of aryl methyl sites for hydroxylation is 7. The van der Waals surface area contributed by atoms with Crippen LogP contribution >= 0.6 is 0 Å². The van der Waals surface area contributed by atoms with Crippen molar-refractivity contribution in [3.8, 4) is 11.4 Å². The molecule has 0 fully saturated rings. The van der Waals surface area contributed by atoms with Crippen molar-refractivity contribution >= 4 is 104 Å². The molecule has 1 unspecified atom stereocenters. The normalized spacial score (nSPS) is 14.3. The van der Waals surface area contributed by atoms with Crippen LogP contribution in [0.4, 0.5) is 28.4 Å². The van der Waals surface area contributed by atoms with Crippen LogP contribution in [0.15, 0.2) is 212 Å². The highest BCUT2D eigenvalue weighted by Crippen LogP contribution is 2.52. The Morgan fingerprint density at radius 1 is 0.372 bits per heavy atom. The molecule has 14 aromatic rings. The van der Waals surface area contributed by atoms with E-state index in [1.54, 1.807) is 0 Å². The Balaban J connectivity index is 0.979. The van der Waals surface area contributed by atoms with E-state index >= 15 is 0 Å². The van der Waals surface area contributed by atoms with Crippen molar-refractivity contribution in [3.63, 3.8) is 0 Å². The summed E-state index contributed by atoms with van der Waals surface area (Å²) in [6.45, 7) is 9.23. The molecule has 2 aliphatic carbocycles. The number of aromatic nitrogens is 2. The number of hydrogen-bond acceptors (Lipinski definition) is 2. The first kappa shape index (κ1) is 52.4. The monoisotopic (exact) mass is 1110 g/mol. The van der Waals surface area contributed by atoms with Gasteiger partial charge in [-0.05, 0) is 222 Å². The molecular weight excluding hydrogens is 1040 g/mol. The van der Waals surface area contributed by atoms with Crippen molar-refractivity contribution in [2.24, 2.45) is 0 Å². The first-order valence-corrected chi connectivity index (χ1v) is 32.3. The highest BCUT2D eigenvalue weighted by molar-refractivity contribution is 6.29. The molecule has 0 saturated heterocycles. The second-order valence-electron chi connectivity index (χ2n) is 24.8. The molecule has 422 valence electrons. The highest BCUT2D eigenvalue weighted by atomic mass is 15.2. The van der Waals surface area contributed by atoms with Crippen molar-refractivity contribution in [2.45, 2.75) is 117 Å². The summed E-state index contributed by atoms with van der Waals surface area (Å²) in [4.78, 5) is 5.44. The topological polar surface area (TPSA) is 16.3 Å². The fourth-order valence-electron chi connectivity index (χ4n) is 15.8. The highest BCUT2D eigenvalue weighted by Gasteiger charge is 2.32. The van der Waals surface area contributed by atoms with Crippen molar-refractivity contribution < 1.29 is 0 Å². The molecule has 2 aromatic heterocycles. The molecule has 0 aliphatic heterocycles. The quantitative estimate of drug-likeness (QED) is 0.101. The minimum Gasteiger partial charge on any atom is -0.333 e. The van der Waals surface area contributed by atoms with Gasteiger partial charge in [-0.3, -0.25) is 0 Å². The lowest BCUT2D eigenvalue weighted by atomic mass is 9.84. The molecule has 0 spiro atoms. The molecule has 1 atom stereocenters. The van der Waals surface area contributed by atoms with Crippen LogP contribution in [0.1, 0.15) is 117 Å². The molecule has 2 heterocycles. The van der Waals surface area contributed by atoms with E-state index in [1.165, 1.54) is 173 Å². The average molecular weight is 1120 g/mol. The van der Waals surface area contributed by atoms with Gasteiger partial charge in [0.05, 0.1) is 33.8 Å². The number of hydrogen-bond donors (Lipinski definition) is 0. The van der Waals surface area contributed by atoms with Gasteiger partial charge in [0, 0.05) is 66.4 Å². The van der Waals surface area contributed by atoms with E-state index in [0.717, 1.165) is 70.6 Å². The first-order valence-electron chi connectivity index (χ1n) is 32.3. The minimum absolute atomic E-state index is 0.132. The predicted molar refractivity (Wildman–Crippen MR) is 368 cm³/mol. The van der Waals surface area contributed by atoms with Gasteiger partial charge in [-0.15, -0.1) is 0 Å². The van der Waals surface area contributed by atoms with Crippen LogP contribution in [0.25, 0.3) is 87.3 Å². The predicted octanol–water partition coefficient (Wildman–Crippen LogP) is 22.4. The lowest BCUT2D eigenvalue weighted by molar-refractivity contribution is 0.559. The average Bonchev–Trinajstić information content (AvgIpc) is 0.863. The van der Waals surface area contributed by atoms with Gasteiger partial charge in [0.15, 0.2) is 0 Å². The summed E-state index contributed by atoms with van der Waals surface area (Å²) in [5, 5.41) is 13.2. The van der Waals surface area contributed by atoms with E-state index in [-0.39, 0.29) is 6.04 Å². The Hall–Kier alpha value is -9.12. The number of fused-ring (bicyclic) bond motifs is 8. The fraction of sp³-hybridized carbons (Fsp3) is 0.220. The van der Waals surface area contributed by atoms with Crippen LogP contribution < -0.4 is 9.80 Å². The van der Waals surface area contributed by atoms with E-state index in [4.69, 9.17) is 0 Å². The lowest BCUT2D eigenvalue weighted by Gasteiger charge is -2.39. The van der Waals surface area contributed by atoms with Gasteiger partial charge in [-0.2, -0.15) is 0 Å². The minimum atomic E-state index is 0.132. The van der Waals surface area contributed by atoms with Gasteiger partial charge in [0.2, 0.25) is 0 Å². The molecule has 0 radical (unpaired) electrons. The molecule has 4 heteroatoms. The zero-order valence-corrected chi connectivity index (χ0v) is 50.3. The standard InChI is InChI=1S/C82H74N4/c1-5-20-58-49-77(83(62-37-36-55-24-9-10-26-57(55)48-62)63-38-40-70-68-31-13-15-33-75(68)84(79(70)51-63)60-28-17-22-53(7-3)46-60)72-44-42-67-59(21-6-2)50-78(73-45-43-66(58)81(72)82(67)73)86(74-35-19-27-56-25-11-12-30-65(56)74)64-39-41-71-69-32-14-16-34-76(69)85(80(71)52-64)61-29-18-23-54(8-4)47-61/h11-18,22-23,25,28-34,36-52,74H,5-10,19-21,24,26-27,35H2,1-4H3. The van der Waals surface area contributed by atoms with Crippen molar-refractivity contribution in [2.75, 3.05) is 9.80 Å². The summed E-state index contributed by atoms with van der Waals surface area (Å²) in [5.74, 6) is 0. The number of rotatable bonds is 14. The largest absolute Gasteiger partial charge is 0.333 e. The molecule has 4 nitrogen and oxygen atoms in total. The molecule has 16 rings (SSSR count). The smallest absolute Gasteiger partial charge is 0.0594 e. The van der Waals surface area contributed by atoms with E-state index in [0.29, 0.717) is 0 Å². The molecule has 2 aliphatic rings. The Bertz CT molecular complexity index is 4950. The Kier molecular flexibility index (Phi) is 13.1. The summed E-state index contributed by atoms with van der Waals surface area (Å²) in [6, 6.07) is 83.2. The van der Waals surface area contributed by atoms with Gasteiger partial charge >= 0.3 is 0 Å². The Morgan fingerprint density at radius 3 is 1.51 bits per heavy atom. The second kappa shape index (κ2) is 21.4. The van der Waals surface area contributed by atoms with Gasteiger partial charge in [-0.25, -0.2) is 0 Å². The van der Waals surface area contributed by atoms with Gasteiger partial charge in [0.1, 0.15) is 0 Å². The van der Waals surface area contributed by atoms with E-state index in [9.17, 15) is 0 Å². The zero-order chi connectivity index (χ0) is 57.6. The van der Waals surface area contributed by atoms with Crippen LogP contribution in [-0.4, -0.2) is 9.13 Å². The SMILES string of the molecule is CCCc1cc(N(c2ccc3c(c2)CCCC3)c2ccc3c4ccccc4n(-c4cccc(CC)c4)c3c2)c2ccc3c(CCC)cc(N(c4ccc5c6ccccc6n(-c6cccc(CC)c6)c5c4)C4CCCc5ccccc54)c4ccc1c2c34. The molecule has 0 saturated carbocycles. The lowest BCUT2D eigenvalue weighted by Crippen LogP contribution is -2.27. The maximum absolute atomic E-state index is 2.80. The first-order chi connectivity index (χ1) is 42.5. The second-order valence-corrected chi connectivity index (χ2v) is 24.8. The van der Waals surface area contributed by atoms with Crippen LogP contribution in [0.5, 0.6) is 0 Å².